The van der Waals surface area contributed by atoms with E-state index >= 15 is 0 Å². The molecule has 0 saturated carbocycles. The lowest BCUT2D eigenvalue weighted by Gasteiger charge is -2.18. The molecule has 0 aromatic carbocycles. The molecule has 1 atom stereocenters. The fraction of sp³-hybridized carbons (Fsp3) is 0.625. The largest absolute Gasteiger partial charge is 0.462 e. The molecule has 78 heavy (non-hydrogen) atoms. The molecular weight excluding hydrogens is 961 g/mol. The van der Waals surface area contributed by atoms with Crippen molar-refractivity contribution in [1.29, 1.82) is 0 Å². The van der Waals surface area contributed by atoms with Gasteiger partial charge in [0, 0.05) is 19.3 Å². The van der Waals surface area contributed by atoms with E-state index in [1.807, 2.05) is 0 Å². The highest BCUT2D eigenvalue weighted by molar-refractivity contribution is 5.71. The average Bonchev–Trinajstić information content (AvgIpc) is 3.44. The highest BCUT2D eigenvalue weighted by Gasteiger charge is 2.19. The van der Waals surface area contributed by atoms with Crippen LogP contribution in [0.4, 0.5) is 0 Å². The van der Waals surface area contributed by atoms with Crippen LogP contribution in [0, 0.1) is 0 Å². The Kier molecular flexibility index (Phi) is 60.9. The zero-order chi connectivity index (χ0) is 56.4. The van der Waals surface area contributed by atoms with Gasteiger partial charge in [0.25, 0.3) is 0 Å². The summed E-state index contributed by atoms with van der Waals surface area (Å²) in [5.74, 6) is -0.947. The molecule has 0 aliphatic carbocycles. The van der Waals surface area contributed by atoms with Crippen LogP contribution >= 0.6 is 0 Å². The number of unbranched alkanes of at least 4 members (excludes halogenated alkanes) is 21. The predicted molar refractivity (Wildman–Crippen MR) is 339 cm³/mol. The van der Waals surface area contributed by atoms with Crippen LogP contribution in [0.15, 0.2) is 146 Å². The second kappa shape index (κ2) is 64.8. The minimum atomic E-state index is -0.802. The summed E-state index contributed by atoms with van der Waals surface area (Å²) in [6, 6.07) is 0. The summed E-state index contributed by atoms with van der Waals surface area (Å²) in [4.78, 5) is 38.2. The fourth-order valence-corrected chi connectivity index (χ4v) is 8.39. The van der Waals surface area contributed by atoms with Crippen LogP contribution in [-0.2, 0) is 28.6 Å². The smallest absolute Gasteiger partial charge is 0.306 e. The Balaban J connectivity index is 4.32. The third-order valence-electron chi connectivity index (χ3n) is 13.1. The van der Waals surface area contributed by atoms with Crippen LogP contribution in [0.25, 0.3) is 0 Å². The Morgan fingerprint density at radius 3 is 0.795 bits per heavy atom. The van der Waals surface area contributed by atoms with Gasteiger partial charge in [0.15, 0.2) is 6.10 Å². The van der Waals surface area contributed by atoms with Gasteiger partial charge in [-0.1, -0.05) is 276 Å². The lowest BCUT2D eigenvalue weighted by Crippen LogP contribution is -2.30. The van der Waals surface area contributed by atoms with Crippen molar-refractivity contribution < 1.29 is 28.6 Å². The lowest BCUT2D eigenvalue weighted by molar-refractivity contribution is -0.167. The maximum absolute atomic E-state index is 12.9. The van der Waals surface area contributed by atoms with Crippen molar-refractivity contribution in [1.82, 2.24) is 0 Å². The number of hydrogen-bond acceptors (Lipinski definition) is 6. The van der Waals surface area contributed by atoms with Gasteiger partial charge < -0.3 is 14.2 Å². The van der Waals surface area contributed by atoms with Crippen molar-refractivity contribution in [2.24, 2.45) is 0 Å². The highest BCUT2D eigenvalue weighted by atomic mass is 16.6. The van der Waals surface area contributed by atoms with Crippen molar-refractivity contribution in [3.8, 4) is 0 Å². The lowest BCUT2D eigenvalue weighted by atomic mass is 10.0. The molecular formula is C72H116O6. The molecule has 6 heteroatoms. The molecule has 0 saturated heterocycles. The molecule has 0 radical (unpaired) electrons. The summed E-state index contributed by atoms with van der Waals surface area (Å²) in [7, 11) is 0. The summed E-state index contributed by atoms with van der Waals surface area (Å²) in [6.07, 6.45) is 92.9. The molecule has 0 aromatic heterocycles. The van der Waals surface area contributed by atoms with Crippen LogP contribution in [0.5, 0.6) is 0 Å². The maximum atomic E-state index is 12.9. The molecule has 0 aliphatic heterocycles. The molecule has 1 unspecified atom stereocenters. The Hall–Kier alpha value is -4.71. The first-order valence-electron chi connectivity index (χ1n) is 31.8. The van der Waals surface area contributed by atoms with Crippen LogP contribution < -0.4 is 0 Å². The van der Waals surface area contributed by atoms with Crippen LogP contribution in [0.2, 0.25) is 0 Å². The molecule has 0 bridgehead atoms. The van der Waals surface area contributed by atoms with E-state index in [0.717, 1.165) is 161 Å². The third-order valence-corrected chi connectivity index (χ3v) is 13.1. The van der Waals surface area contributed by atoms with Gasteiger partial charge in [0.05, 0.1) is 0 Å². The molecule has 0 fully saturated rings. The summed E-state index contributed by atoms with van der Waals surface area (Å²) in [5, 5.41) is 0. The first-order chi connectivity index (χ1) is 38.5. The quantitative estimate of drug-likeness (QED) is 0.0261. The van der Waals surface area contributed by atoms with Crippen molar-refractivity contribution in [2.45, 2.75) is 277 Å². The van der Waals surface area contributed by atoms with Gasteiger partial charge in [0.1, 0.15) is 13.2 Å². The predicted octanol–water partition coefficient (Wildman–Crippen LogP) is 21.9. The number of allylic oxidation sites excluding steroid dienone is 24. The number of hydrogen-bond donors (Lipinski definition) is 0. The number of carbonyl (C=O) groups is 3. The van der Waals surface area contributed by atoms with Crippen LogP contribution in [-0.4, -0.2) is 37.2 Å². The minimum Gasteiger partial charge on any atom is -0.462 e. The summed E-state index contributed by atoms with van der Waals surface area (Å²) >= 11 is 0. The van der Waals surface area contributed by atoms with E-state index in [-0.39, 0.29) is 31.1 Å². The molecule has 0 aliphatic rings. The van der Waals surface area contributed by atoms with Gasteiger partial charge in [-0.15, -0.1) is 0 Å². The van der Waals surface area contributed by atoms with Crippen molar-refractivity contribution >= 4 is 17.9 Å². The first-order valence-corrected chi connectivity index (χ1v) is 31.8. The van der Waals surface area contributed by atoms with Gasteiger partial charge in [0.2, 0.25) is 0 Å². The fourth-order valence-electron chi connectivity index (χ4n) is 8.39. The van der Waals surface area contributed by atoms with E-state index in [0.29, 0.717) is 19.3 Å². The topological polar surface area (TPSA) is 78.9 Å². The standard InChI is InChI=1S/C72H116O6/c1-4-7-10-13-16-19-22-25-27-28-29-30-31-32-33-34-35-36-37-38-39-40-41-42-43-44-45-48-50-53-56-59-62-65-71(74)77-68-69(67-76-70(73)64-61-58-55-52-49-46-24-21-18-15-12-9-6-3)78-72(75)66-63-60-57-54-51-47-26-23-20-17-14-11-8-5-2/h7,9-10,12,16,18-19,21,25,27,29-30,32-33,35-36,38-39,41-42,44-46,49,69H,4-6,8,11,13-15,17,20,22-24,26,28,31,34,37,40,43,47-48,50-68H2,1-3H3/b10-7-,12-9-,19-16-,21-18-,27-25-,30-29-,33-32-,36-35-,39-38-,42-41-,45-44-,49-46-. The molecule has 0 N–H and O–H groups in total. The van der Waals surface area contributed by atoms with Gasteiger partial charge in [-0.05, 0) is 122 Å². The van der Waals surface area contributed by atoms with Gasteiger partial charge in [-0.2, -0.15) is 0 Å². The molecule has 0 aromatic rings. The second-order valence-electron chi connectivity index (χ2n) is 20.6. The van der Waals surface area contributed by atoms with Gasteiger partial charge >= 0.3 is 17.9 Å². The highest BCUT2D eigenvalue weighted by Crippen LogP contribution is 2.15. The van der Waals surface area contributed by atoms with E-state index in [4.69, 9.17) is 14.2 Å². The SMILES string of the molecule is CC/C=C\C/C=C\C/C=C\C/C=C\C/C=C\C/C=C\C/C=C\C/C=C\C/C=C\CCCCCCCC(=O)OCC(COC(=O)CCCCC/C=C\C/C=C\C/C=C\CC)OC(=O)CCCCCCCCCCCCCCCC. The molecule has 6 nitrogen and oxygen atoms in total. The summed E-state index contributed by atoms with van der Waals surface area (Å²) in [5.41, 5.74) is 0. The summed E-state index contributed by atoms with van der Waals surface area (Å²) < 4.78 is 16.8. The molecule has 0 heterocycles. The minimum absolute atomic E-state index is 0.100. The van der Waals surface area contributed by atoms with Gasteiger partial charge in [-0.25, -0.2) is 0 Å². The third kappa shape index (κ3) is 62.1. The zero-order valence-corrected chi connectivity index (χ0v) is 50.4. The van der Waals surface area contributed by atoms with Gasteiger partial charge in [-0.3, -0.25) is 14.4 Å². The Labute approximate surface area is 480 Å². The van der Waals surface area contributed by atoms with E-state index < -0.39 is 6.10 Å². The zero-order valence-electron chi connectivity index (χ0n) is 50.4. The Morgan fingerprint density at radius 1 is 0.269 bits per heavy atom. The number of rotatable bonds is 56. The number of ether oxygens (including phenoxy) is 3. The van der Waals surface area contributed by atoms with E-state index in [2.05, 4.69) is 167 Å². The van der Waals surface area contributed by atoms with Crippen LogP contribution in [0.3, 0.4) is 0 Å². The molecule has 440 valence electrons. The van der Waals surface area contributed by atoms with Crippen LogP contribution in [0.1, 0.15) is 271 Å². The summed E-state index contributed by atoms with van der Waals surface area (Å²) in [6.45, 7) is 6.37. The molecule has 0 amide bonds. The van der Waals surface area contributed by atoms with E-state index in [1.165, 1.54) is 70.6 Å². The molecule has 0 rings (SSSR count). The van der Waals surface area contributed by atoms with Crippen molar-refractivity contribution in [3.63, 3.8) is 0 Å². The number of esters is 3. The maximum Gasteiger partial charge on any atom is 0.306 e. The Morgan fingerprint density at radius 2 is 0.500 bits per heavy atom. The second-order valence-corrected chi connectivity index (χ2v) is 20.6. The Bertz CT molecular complexity index is 1710. The average molecular weight is 1080 g/mol. The van der Waals surface area contributed by atoms with E-state index in [1.54, 1.807) is 0 Å². The van der Waals surface area contributed by atoms with Crippen molar-refractivity contribution in [2.75, 3.05) is 13.2 Å². The number of carbonyl (C=O) groups excluding carboxylic acids is 3. The van der Waals surface area contributed by atoms with Crippen molar-refractivity contribution in [3.05, 3.63) is 146 Å². The monoisotopic (exact) mass is 1080 g/mol. The normalized spacial score (nSPS) is 13.1. The first kappa shape index (κ1) is 73.3. The van der Waals surface area contributed by atoms with E-state index in [9.17, 15) is 14.4 Å². The molecule has 0 spiro atoms.